The van der Waals surface area contributed by atoms with Gasteiger partial charge in [-0.2, -0.15) is 13.2 Å². The van der Waals surface area contributed by atoms with Crippen LogP contribution in [0, 0.1) is 0 Å². The molecule has 0 aliphatic carbocycles. The third-order valence-electron chi connectivity index (χ3n) is 4.77. The number of anilines is 1. The number of benzene rings is 2. The summed E-state index contributed by atoms with van der Waals surface area (Å²) in [6.45, 7) is 0.0795. The molecule has 1 atom stereocenters. The first kappa shape index (κ1) is 20.1. The monoisotopic (exact) mass is 485 g/mol. The fraction of sp³-hybridized carbons (Fsp3) is 0.333. The molecule has 0 saturated carbocycles. The minimum Gasteiger partial charge on any atom is -0.370 e. The largest absolute Gasteiger partial charge is 0.400 e. The SMILES string of the molecule is FC(F)(F)C1(c2cc(Cl)cc(Cl)c2)CCN(c2ccc(CCl)c(Br)c2)C1. The summed E-state index contributed by atoms with van der Waals surface area (Å²) in [4.78, 5) is 1.73. The maximum absolute atomic E-state index is 14.1. The zero-order valence-electron chi connectivity index (χ0n) is 13.4. The number of nitrogens with zero attached hydrogens (tertiary/aromatic N) is 1. The molecule has 1 aliphatic rings. The van der Waals surface area contributed by atoms with Gasteiger partial charge in [-0.05, 0) is 47.9 Å². The van der Waals surface area contributed by atoms with E-state index in [1.165, 1.54) is 18.2 Å². The van der Waals surface area contributed by atoms with Crippen LogP contribution < -0.4 is 4.90 Å². The van der Waals surface area contributed by atoms with Crippen LogP contribution in [-0.2, 0) is 11.3 Å². The van der Waals surface area contributed by atoms with E-state index in [2.05, 4.69) is 15.9 Å². The van der Waals surface area contributed by atoms with Crippen LogP contribution >= 0.6 is 50.7 Å². The Morgan fingerprint density at radius 3 is 2.27 bits per heavy atom. The summed E-state index contributed by atoms with van der Waals surface area (Å²) in [7, 11) is 0. The molecule has 1 nitrogen and oxygen atoms in total. The molecule has 140 valence electrons. The van der Waals surface area contributed by atoms with Crippen LogP contribution in [0.3, 0.4) is 0 Å². The molecule has 1 heterocycles. The highest BCUT2D eigenvalue weighted by molar-refractivity contribution is 9.10. The number of alkyl halides is 4. The summed E-state index contributed by atoms with van der Waals surface area (Å²) in [5.41, 5.74) is -0.316. The molecule has 3 rings (SSSR count). The molecule has 1 saturated heterocycles. The lowest BCUT2D eigenvalue weighted by Crippen LogP contribution is -2.44. The molecule has 0 radical (unpaired) electrons. The second-order valence-electron chi connectivity index (χ2n) is 6.32. The average Bonchev–Trinajstić information content (AvgIpc) is 3.00. The smallest absolute Gasteiger partial charge is 0.370 e. The molecule has 1 aliphatic heterocycles. The van der Waals surface area contributed by atoms with E-state index in [-0.39, 0.29) is 35.1 Å². The lowest BCUT2D eigenvalue weighted by atomic mass is 9.79. The first-order chi connectivity index (χ1) is 12.2. The molecule has 0 amide bonds. The second-order valence-corrected chi connectivity index (χ2v) is 8.31. The number of rotatable bonds is 3. The van der Waals surface area contributed by atoms with E-state index in [4.69, 9.17) is 34.8 Å². The van der Waals surface area contributed by atoms with Gasteiger partial charge < -0.3 is 4.90 Å². The Kier molecular flexibility index (Phi) is 5.74. The van der Waals surface area contributed by atoms with Crippen LogP contribution in [0.15, 0.2) is 40.9 Å². The molecule has 0 N–H and O–H groups in total. The van der Waals surface area contributed by atoms with Gasteiger partial charge in [0.15, 0.2) is 0 Å². The van der Waals surface area contributed by atoms with Gasteiger partial charge in [0.2, 0.25) is 0 Å². The number of hydrogen-bond donors (Lipinski definition) is 0. The molecule has 0 spiro atoms. The fourth-order valence-corrected chi connectivity index (χ4v) is 4.76. The Bertz CT molecular complexity index is 808. The van der Waals surface area contributed by atoms with Crippen molar-refractivity contribution in [3.63, 3.8) is 0 Å². The molecular formula is C18H14BrCl3F3N. The highest BCUT2D eigenvalue weighted by atomic mass is 79.9. The average molecular weight is 488 g/mol. The lowest BCUT2D eigenvalue weighted by molar-refractivity contribution is -0.184. The first-order valence-electron chi connectivity index (χ1n) is 7.79. The predicted molar refractivity (Wildman–Crippen MR) is 105 cm³/mol. The van der Waals surface area contributed by atoms with E-state index in [0.29, 0.717) is 11.6 Å². The van der Waals surface area contributed by atoms with E-state index in [1.807, 2.05) is 6.07 Å². The van der Waals surface area contributed by atoms with E-state index in [1.54, 1.807) is 17.0 Å². The molecule has 2 aromatic carbocycles. The van der Waals surface area contributed by atoms with Crippen molar-refractivity contribution in [3.05, 3.63) is 62.0 Å². The Hall–Kier alpha value is -0.620. The van der Waals surface area contributed by atoms with Crippen molar-refractivity contribution in [3.8, 4) is 0 Å². The Morgan fingerprint density at radius 1 is 1.08 bits per heavy atom. The van der Waals surface area contributed by atoms with Crippen molar-refractivity contribution in [2.24, 2.45) is 0 Å². The van der Waals surface area contributed by atoms with E-state index < -0.39 is 11.6 Å². The summed E-state index contributed by atoms with van der Waals surface area (Å²) in [5, 5.41) is 0.396. The van der Waals surface area contributed by atoms with Crippen LogP contribution in [0.2, 0.25) is 10.0 Å². The quantitative estimate of drug-likeness (QED) is 0.414. The van der Waals surface area contributed by atoms with Gasteiger partial charge in [-0.25, -0.2) is 0 Å². The zero-order valence-corrected chi connectivity index (χ0v) is 17.2. The molecule has 1 unspecified atom stereocenters. The van der Waals surface area contributed by atoms with Crippen molar-refractivity contribution < 1.29 is 13.2 Å². The molecule has 8 heteroatoms. The first-order valence-corrected chi connectivity index (χ1v) is 9.87. The molecule has 1 fully saturated rings. The molecule has 0 aromatic heterocycles. The van der Waals surface area contributed by atoms with Gasteiger partial charge in [-0.3, -0.25) is 0 Å². The van der Waals surface area contributed by atoms with Crippen LogP contribution in [0.25, 0.3) is 0 Å². The van der Waals surface area contributed by atoms with Crippen LogP contribution in [0.1, 0.15) is 17.5 Å². The Labute approximate surface area is 173 Å². The maximum Gasteiger partial charge on any atom is 0.400 e. The van der Waals surface area contributed by atoms with E-state index in [0.717, 1.165) is 10.0 Å². The van der Waals surface area contributed by atoms with Gasteiger partial charge in [0.25, 0.3) is 0 Å². The predicted octanol–water partition coefficient (Wildman–Crippen LogP) is 7.21. The van der Waals surface area contributed by atoms with Crippen molar-refractivity contribution in [2.75, 3.05) is 18.0 Å². The lowest BCUT2D eigenvalue weighted by Gasteiger charge is -2.33. The summed E-state index contributed by atoms with van der Waals surface area (Å²) in [5.74, 6) is 0.328. The number of hydrogen-bond acceptors (Lipinski definition) is 1. The minimum absolute atomic E-state index is 0.0674. The Balaban J connectivity index is 2.00. The van der Waals surface area contributed by atoms with Crippen LogP contribution in [0.5, 0.6) is 0 Å². The topological polar surface area (TPSA) is 3.24 Å². The summed E-state index contributed by atoms with van der Waals surface area (Å²) in [6.07, 6.45) is -4.49. The molecule has 0 bridgehead atoms. The standard InChI is InChI=1S/C18H14BrCl3F3N/c19-16-8-15(2-1-11(16)9-20)26-4-3-17(10-26,18(23,24)25)12-5-13(21)7-14(22)6-12/h1-2,5-8H,3-4,9-10H2. The van der Waals surface area contributed by atoms with Crippen molar-refractivity contribution >= 4 is 56.4 Å². The third kappa shape index (κ3) is 3.68. The van der Waals surface area contributed by atoms with Gasteiger partial charge in [0.1, 0.15) is 5.41 Å². The minimum atomic E-state index is -4.43. The zero-order chi connectivity index (χ0) is 19.1. The fourth-order valence-electron chi connectivity index (χ4n) is 3.33. The van der Waals surface area contributed by atoms with Gasteiger partial charge in [0, 0.05) is 39.2 Å². The van der Waals surface area contributed by atoms with E-state index in [9.17, 15) is 13.2 Å². The number of halogens is 7. The maximum atomic E-state index is 14.1. The van der Waals surface area contributed by atoms with Gasteiger partial charge >= 0.3 is 6.18 Å². The van der Waals surface area contributed by atoms with Crippen LogP contribution in [0.4, 0.5) is 18.9 Å². The van der Waals surface area contributed by atoms with Crippen molar-refractivity contribution in [1.29, 1.82) is 0 Å². The molecular weight excluding hydrogens is 473 g/mol. The summed E-state index contributed by atoms with van der Waals surface area (Å²) < 4.78 is 43.1. The molecule has 2 aromatic rings. The highest BCUT2D eigenvalue weighted by Crippen LogP contribution is 2.49. The molecule has 26 heavy (non-hydrogen) atoms. The second kappa shape index (κ2) is 7.42. The van der Waals surface area contributed by atoms with Crippen LogP contribution in [-0.4, -0.2) is 19.3 Å². The van der Waals surface area contributed by atoms with Gasteiger partial charge in [0.05, 0.1) is 0 Å². The highest BCUT2D eigenvalue weighted by Gasteiger charge is 2.59. The van der Waals surface area contributed by atoms with Gasteiger partial charge in [-0.1, -0.05) is 45.2 Å². The Morgan fingerprint density at radius 2 is 1.73 bits per heavy atom. The summed E-state index contributed by atoms with van der Waals surface area (Å²) in [6, 6.07) is 9.56. The normalized spacial score (nSPS) is 20.7. The van der Waals surface area contributed by atoms with Gasteiger partial charge in [-0.15, -0.1) is 11.6 Å². The van der Waals surface area contributed by atoms with E-state index >= 15 is 0 Å². The van der Waals surface area contributed by atoms with Crippen molar-refractivity contribution in [2.45, 2.75) is 23.9 Å². The summed E-state index contributed by atoms with van der Waals surface area (Å²) >= 11 is 21.2. The third-order valence-corrected chi connectivity index (χ3v) is 6.24. The van der Waals surface area contributed by atoms with Crippen molar-refractivity contribution in [1.82, 2.24) is 0 Å².